The van der Waals surface area contributed by atoms with Crippen molar-refractivity contribution in [2.45, 2.75) is 24.4 Å². The number of pyridine rings is 1. The lowest BCUT2D eigenvalue weighted by Gasteiger charge is -2.32. The standard InChI is InChI=1S/C28H22F3N3O3S/c1-18-4-9-23(10-5-18)38(36,37)34-14-12-20(24-11-7-21(16-26(24)34)28(29,30)31)15-27(35)33-22-8-6-19-3-2-13-32-25(19)17-22/h2-11,13,15-17H,12,14H2,1H3,(H,33,35)/b20-15+. The van der Waals surface area contributed by atoms with Gasteiger partial charge in [-0.05, 0) is 61.4 Å². The van der Waals surface area contributed by atoms with Crippen LogP contribution in [0.25, 0.3) is 16.5 Å². The van der Waals surface area contributed by atoms with E-state index in [0.29, 0.717) is 16.8 Å². The van der Waals surface area contributed by atoms with Gasteiger partial charge in [0.2, 0.25) is 5.91 Å². The number of hydrogen-bond donors (Lipinski definition) is 1. The molecule has 1 amide bonds. The minimum Gasteiger partial charge on any atom is -0.322 e. The molecule has 1 aliphatic heterocycles. The minimum absolute atomic E-state index is 0.0263. The number of fused-ring (bicyclic) bond motifs is 2. The predicted molar refractivity (Wildman–Crippen MR) is 140 cm³/mol. The molecular weight excluding hydrogens is 515 g/mol. The van der Waals surface area contributed by atoms with Gasteiger partial charge in [0.25, 0.3) is 10.0 Å². The van der Waals surface area contributed by atoms with Crippen LogP contribution in [0.5, 0.6) is 0 Å². The Kier molecular flexibility index (Phi) is 6.44. The van der Waals surface area contributed by atoms with Crippen LogP contribution in [0.15, 0.2) is 90.0 Å². The van der Waals surface area contributed by atoms with E-state index in [1.807, 2.05) is 12.1 Å². The van der Waals surface area contributed by atoms with Crippen molar-refractivity contribution in [3.63, 3.8) is 0 Å². The normalized spacial score (nSPS) is 14.9. The number of hydrogen-bond acceptors (Lipinski definition) is 4. The molecule has 3 aromatic carbocycles. The van der Waals surface area contributed by atoms with Gasteiger partial charge < -0.3 is 5.32 Å². The molecule has 0 atom stereocenters. The Balaban J connectivity index is 1.51. The van der Waals surface area contributed by atoms with Gasteiger partial charge in [0.15, 0.2) is 0 Å². The van der Waals surface area contributed by atoms with E-state index in [9.17, 15) is 26.4 Å². The van der Waals surface area contributed by atoms with E-state index in [4.69, 9.17) is 0 Å². The molecular formula is C28H22F3N3O3S. The van der Waals surface area contributed by atoms with Crippen LogP contribution in [0.1, 0.15) is 23.1 Å². The highest BCUT2D eigenvalue weighted by Crippen LogP contribution is 2.41. The topological polar surface area (TPSA) is 79.4 Å². The van der Waals surface area contributed by atoms with Crippen LogP contribution in [0.4, 0.5) is 24.5 Å². The molecule has 0 saturated carbocycles. The first kappa shape index (κ1) is 25.5. The Labute approximate surface area is 217 Å². The second-order valence-corrected chi connectivity index (χ2v) is 10.8. The lowest BCUT2D eigenvalue weighted by Crippen LogP contribution is -2.35. The molecule has 0 fully saturated rings. The number of sulfonamides is 1. The van der Waals surface area contributed by atoms with E-state index in [1.54, 1.807) is 43.5 Å². The van der Waals surface area contributed by atoms with Crippen molar-refractivity contribution in [3.8, 4) is 0 Å². The molecule has 0 saturated heterocycles. The molecule has 2 heterocycles. The lowest BCUT2D eigenvalue weighted by atomic mass is 9.95. The number of carbonyl (C=O) groups is 1. The zero-order valence-electron chi connectivity index (χ0n) is 20.2. The fourth-order valence-corrected chi connectivity index (χ4v) is 5.86. The van der Waals surface area contributed by atoms with Crippen molar-refractivity contribution < 1.29 is 26.4 Å². The first-order valence-electron chi connectivity index (χ1n) is 11.7. The van der Waals surface area contributed by atoms with Gasteiger partial charge in [0.1, 0.15) is 0 Å². The number of nitrogens with one attached hydrogen (secondary N) is 1. The van der Waals surface area contributed by atoms with Crippen LogP contribution in [0.3, 0.4) is 0 Å². The van der Waals surface area contributed by atoms with Crippen LogP contribution in [0.2, 0.25) is 0 Å². The maximum Gasteiger partial charge on any atom is 0.416 e. The first-order valence-corrected chi connectivity index (χ1v) is 13.1. The van der Waals surface area contributed by atoms with Gasteiger partial charge in [-0.15, -0.1) is 0 Å². The van der Waals surface area contributed by atoms with Crippen molar-refractivity contribution >= 4 is 43.8 Å². The van der Waals surface area contributed by atoms with E-state index in [-0.39, 0.29) is 29.1 Å². The van der Waals surface area contributed by atoms with Crippen molar-refractivity contribution in [1.29, 1.82) is 0 Å². The quantitative estimate of drug-likeness (QED) is 0.315. The smallest absolute Gasteiger partial charge is 0.322 e. The van der Waals surface area contributed by atoms with Crippen molar-refractivity contribution in [3.05, 3.63) is 102 Å². The monoisotopic (exact) mass is 537 g/mol. The van der Waals surface area contributed by atoms with Gasteiger partial charge in [0, 0.05) is 35.5 Å². The van der Waals surface area contributed by atoms with E-state index in [1.165, 1.54) is 24.3 Å². The molecule has 0 aliphatic carbocycles. The van der Waals surface area contributed by atoms with Gasteiger partial charge in [-0.3, -0.25) is 14.1 Å². The van der Waals surface area contributed by atoms with Gasteiger partial charge in [-0.1, -0.05) is 35.9 Å². The number of nitrogens with zero attached hydrogens (tertiary/aromatic N) is 2. The van der Waals surface area contributed by atoms with Gasteiger partial charge in [-0.2, -0.15) is 13.2 Å². The third-order valence-electron chi connectivity index (χ3n) is 6.31. The molecule has 10 heteroatoms. The van der Waals surface area contributed by atoms with Gasteiger partial charge >= 0.3 is 6.18 Å². The van der Waals surface area contributed by atoms with Crippen LogP contribution >= 0.6 is 0 Å². The SMILES string of the molecule is Cc1ccc(S(=O)(=O)N2CC/C(=C\C(=O)Nc3ccc4cccnc4c3)c3ccc(C(F)(F)F)cc32)cc1. The summed E-state index contributed by atoms with van der Waals surface area (Å²) in [5.74, 6) is -0.490. The van der Waals surface area contributed by atoms with Gasteiger partial charge in [0.05, 0.1) is 21.7 Å². The van der Waals surface area contributed by atoms with E-state index < -0.39 is 27.7 Å². The molecule has 5 rings (SSSR count). The fourth-order valence-electron chi connectivity index (χ4n) is 4.38. The molecule has 1 N–H and O–H groups in total. The van der Waals surface area contributed by atoms with Crippen molar-refractivity contribution in [1.82, 2.24) is 4.98 Å². The summed E-state index contributed by atoms with van der Waals surface area (Å²) in [7, 11) is -4.14. The summed E-state index contributed by atoms with van der Waals surface area (Å²) in [5.41, 5.74) is 1.62. The highest BCUT2D eigenvalue weighted by Gasteiger charge is 2.36. The number of amides is 1. The predicted octanol–water partition coefficient (Wildman–Crippen LogP) is 6.18. The van der Waals surface area contributed by atoms with Crippen LogP contribution in [0, 0.1) is 6.92 Å². The third kappa shape index (κ3) is 4.99. The Bertz CT molecular complexity index is 1680. The minimum atomic E-state index is -4.67. The van der Waals surface area contributed by atoms with E-state index in [0.717, 1.165) is 27.4 Å². The zero-order valence-corrected chi connectivity index (χ0v) is 21.0. The van der Waals surface area contributed by atoms with Gasteiger partial charge in [-0.25, -0.2) is 8.42 Å². The number of alkyl halides is 3. The fraction of sp³-hybridized carbons (Fsp3) is 0.143. The molecule has 1 aliphatic rings. The molecule has 0 radical (unpaired) electrons. The molecule has 38 heavy (non-hydrogen) atoms. The van der Waals surface area contributed by atoms with Crippen molar-refractivity contribution in [2.24, 2.45) is 0 Å². The van der Waals surface area contributed by atoms with Crippen LogP contribution in [-0.2, 0) is 21.0 Å². The summed E-state index contributed by atoms with van der Waals surface area (Å²) >= 11 is 0. The highest BCUT2D eigenvalue weighted by atomic mass is 32.2. The molecule has 6 nitrogen and oxygen atoms in total. The summed E-state index contributed by atoms with van der Waals surface area (Å²) in [6.07, 6.45) is -1.60. The number of benzene rings is 3. The van der Waals surface area contributed by atoms with Crippen LogP contribution < -0.4 is 9.62 Å². The molecule has 0 spiro atoms. The van der Waals surface area contributed by atoms with E-state index >= 15 is 0 Å². The maximum absolute atomic E-state index is 13.6. The maximum atomic E-state index is 13.6. The van der Waals surface area contributed by atoms with E-state index in [2.05, 4.69) is 10.3 Å². The Morgan fingerprint density at radius 1 is 1.03 bits per heavy atom. The Hall–Kier alpha value is -4.18. The molecule has 194 valence electrons. The summed E-state index contributed by atoms with van der Waals surface area (Å²) in [4.78, 5) is 17.1. The molecule has 0 unspecified atom stereocenters. The van der Waals surface area contributed by atoms with Crippen molar-refractivity contribution in [2.75, 3.05) is 16.2 Å². The Morgan fingerprint density at radius 2 is 1.79 bits per heavy atom. The number of rotatable bonds is 4. The second-order valence-electron chi connectivity index (χ2n) is 8.94. The summed E-state index contributed by atoms with van der Waals surface area (Å²) in [6, 6.07) is 18.0. The zero-order chi connectivity index (χ0) is 27.1. The van der Waals surface area contributed by atoms with Crippen LogP contribution in [-0.4, -0.2) is 25.9 Å². The molecule has 4 aromatic rings. The number of anilines is 2. The summed E-state index contributed by atoms with van der Waals surface area (Å²) < 4.78 is 68.5. The number of aromatic nitrogens is 1. The molecule has 1 aromatic heterocycles. The Morgan fingerprint density at radius 3 is 2.53 bits per heavy atom. The summed E-state index contributed by atoms with van der Waals surface area (Å²) in [6.45, 7) is 1.68. The third-order valence-corrected chi connectivity index (χ3v) is 8.14. The number of aryl methyl sites for hydroxylation is 1. The number of halogens is 3. The number of carbonyl (C=O) groups excluding carboxylic acids is 1. The lowest BCUT2D eigenvalue weighted by molar-refractivity contribution is -0.137. The average Bonchev–Trinajstić information content (AvgIpc) is 2.88. The average molecular weight is 538 g/mol. The first-order chi connectivity index (χ1) is 18.0. The largest absolute Gasteiger partial charge is 0.416 e. The highest BCUT2D eigenvalue weighted by molar-refractivity contribution is 7.92. The summed E-state index contributed by atoms with van der Waals surface area (Å²) in [5, 5.41) is 3.66. The second kappa shape index (κ2) is 9.60. The molecule has 0 bridgehead atoms.